The summed E-state index contributed by atoms with van der Waals surface area (Å²) >= 11 is 0. The third-order valence-electron chi connectivity index (χ3n) is 2.07. The minimum absolute atomic E-state index is 0. The molecule has 1 rings (SSSR count). The van der Waals surface area contributed by atoms with Crippen LogP contribution in [0.1, 0.15) is 12.8 Å². The van der Waals surface area contributed by atoms with Crippen LogP contribution in [0.4, 0.5) is 8.78 Å². The van der Waals surface area contributed by atoms with Gasteiger partial charge in [0.05, 0.1) is 5.41 Å². The molecule has 0 spiro atoms. The van der Waals surface area contributed by atoms with Gasteiger partial charge in [0.1, 0.15) is 0 Å². The normalized spacial score (nSPS) is 20.9. The average Bonchev–Trinajstić information content (AvgIpc) is 1.79. The van der Waals surface area contributed by atoms with E-state index < -0.39 is 11.8 Å². The molecule has 2 N–H and O–H groups in total. The molecule has 1 fully saturated rings. The largest absolute Gasteiger partial charge is 0.330 e. The van der Waals surface area contributed by atoms with Crippen molar-refractivity contribution in [2.45, 2.75) is 19.3 Å². The Morgan fingerprint density at radius 3 is 2.09 bits per heavy atom. The minimum Gasteiger partial charge on any atom is -0.330 e. The van der Waals surface area contributed by atoms with Crippen molar-refractivity contribution in [3.63, 3.8) is 0 Å². The van der Waals surface area contributed by atoms with Crippen molar-refractivity contribution in [3.05, 3.63) is 12.2 Å². The van der Waals surface area contributed by atoms with E-state index in [-0.39, 0.29) is 19.0 Å². The first-order valence-corrected chi connectivity index (χ1v) is 3.25. The van der Waals surface area contributed by atoms with Crippen LogP contribution < -0.4 is 5.73 Å². The number of hydrogen-bond acceptors (Lipinski definition) is 1. The molecule has 0 heterocycles. The van der Waals surface area contributed by atoms with Crippen molar-refractivity contribution >= 4 is 12.4 Å². The second kappa shape index (κ2) is 3.50. The van der Waals surface area contributed by atoms with E-state index in [2.05, 4.69) is 6.58 Å². The summed E-state index contributed by atoms with van der Waals surface area (Å²) in [6, 6.07) is 0. The lowest BCUT2D eigenvalue weighted by Crippen LogP contribution is -2.44. The number of nitrogens with two attached hydrogens (primary N) is 1. The summed E-state index contributed by atoms with van der Waals surface area (Å²) in [5.41, 5.74) is 5.19. The Bertz CT molecular complexity index is 151. The predicted octanol–water partition coefficient (Wildman–Crippen LogP) is 1.97. The molecule has 1 aliphatic carbocycles. The maximum Gasteiger partial charge on any atom is 0.246 e. The Balaban J connectivity index is 0.000001000. The molecule has 1 aliphatic rings. The fourth-order valence-corrected chi connectivity index (χ4v) is 1.33. The lowest BCUT2D eigenvalue weighted by atomic mass is 9.66. The Kier molecular flexibility index (Phi) is 3.45. The van der Waals surface area contributed by atoms with Gasteiger partial charge in [-0.25, -0.2) is 8.78 Å². The Morgan fingerprint density at radius 1 is 1.55 bits per heavy atom. The van der Waals surface area contributed by atoms with Crippen molar-refractivity contribution in [2.75, 3.05) is 6.54 Å². The summed E-state index contributed by atoms with van der Waals surface area (Å²) < 4.78 is 24.4. The smallest absolute Gasteiger partial charge is 0.246 e. The van der Waals surface area contributed by atoms with Crippen molar-refractivity contribution in [1.82, 2.24) is 0 Å². The second-order valence-electron chi connectivity index (χ2n) is 2.97. The van der Waals surface area contributed by atoms with Crippen molar-refractivity contribution in [3.8, 4) is 0 Å². The lowest BCUT2D eigenvalue weighted by Gasteiger charge is -2.41. The van der Waals surface area contributed by atoms with Gasteiger partial charge >= 0.3 is 0 Å². The Labute approximate surface area is 71.1 Å². The summed E-state index contributed by atoms with van der Waals surface area (Å²) in [4.78, 5) is 0. The molecule has 0 aromatic carbocycles. The van der Waals surface area contributed by atoms with Gasteiger partial charge in [-0.3, -0.25) is 0 Å². The number of rotatable bonds is 2. The van der Waals surface area contributed by atoms with E-state index in [0.717, 1.165) is 5.57 Å². The van der Waals surface area contributed by atoms with Gasteiger partial charge in [0.25, 0.3) is 0 Å². The van der Waals surface area contributed by atoms with Crippen LogP contribution in [0.3, 0.4) is 0 Å². The van der Waals surface area contributed by atoms with Crippen LogP contribution in [0.2, 0.25) is 0 Å². The summed E-state index contributed by atoms with van der Waals surface area (Å²) in [7, 11) is 0. The van der Waals surface area contributed by atoms with Crippen LogP contribution in [-0.2, 0) is 0 Å². The zero-order valence-corrected chi connectivity index (χ0v) is 6.96. The first kappa shape index (κ1) is 10.8. The number of hydrogen-bond donors (Lipinski definition) is 1. The van der Waals surface area contributed by atoms with Crippen molar-refractivity contribution in [2.24, 2.45) is 11.1 Å². The van der Waals surface area contributed by atoms with Crippen LogP contribution in [0, 0.1) is 5.41 Å². The van der Waals surface area contributed by atoms with E-state index in [4.69, 9.17) is 5.73 Å². The van der Waals surface area contributed by atoms with E-state index >= 15 is 0 Å². The molecule has 4 heteroatoms. The molecule has 11 heavy (non-hydrogen) atoms. The molecule has 1 nitrogen and oxygen atoms in total. The first-order chi connectivity index (χ1) is 4.60. The van der Waals surface area contributed by atoms with Crippen LogP contribution in [0.25, 0.3) is 0 Å². The summed E-state index contributed by atoms with van der Waals surface area (Å²) in [5, 5.41) is 0. The molecule has 0 aromatic rings. The van der Waals surface area contributed by atoms with E-state index in [9.17, 15) is 8.78 Å². The van der Waals surface area contributed by atoms with Gasteiger partial charge in [-0.1, -0.05) is 12.2 Å². The highest BCUT2D eigenvalue weighted by atomic mass is 35.5. The first-order valence-electron chi connectivity index (χ1n) is 3.25. The maximum absolute atomic E-state index is 12.2. The second-order valence-corrected chi connectivity index (χ2v) is 2.97. The van der Waals surface area contributed by atoms with Gasteiger partial charge in [0, 0.05) is 6.54 Å². The SMILES string of the molecule is C=C1CC(CN)(C(F)F)C1.Cl. The summed E-state index contributed by atoms with van der Waals surface area (Å²) in [5.74, 6) is 0. The van der Waals surface area contributed by atoms with E-state index in [1.807, 2.05) is 0 Å². The number of allylic oxidation sites excluding steroid dienone is 1. The van der Waals surface area contributed by atoms with Gasteiger partial charge in [0.15, 0.2) is 0 Å². The Morgan fingerprint density at radius 2 is 2.00 bits per heavy atom. The molecule has 0 aromatic heterocycles. The molecular weight excluding hydrogens is 172 g/mol. The van der Waals surface area contributed by atoms with Gasteiger partial charge in [-0.2, -0.15) is 0 Å². The monoisotopic (exact) mass is 183 g/mol. The zero-order chi connectivity index (χ0) is 7.78. The van der Waals surface area contributed by atoms with E-state index in [1.54, 1.807) is 0 Å². The molecule has 0 aliphatic heterocycles. The van der Waals surface area contributed by atoms with Crippen molar-refractivity contribution in [1.29, 1.82) is 0 Å². The van der Waals surface area contributed by atoms with Crippen LogP contribution >= 0.6 is 12.4 Å². The molecule has 66 valence electrons. The minimum atomic E-state index is -2.29. The van der Waals surface area contributed by atoms with Gasteiger partial charge in [0.2, 0.25) is 6.43 Å². The average molecular weight is 184 g/mol. The highest BCUT2D eigenvalue weighted by molar-refractivity contribution is 5.85. The standard InChI is InChI=1S/C7H11F2N.ClH/c1-5-2-7(3-5,4-10)6(8)9;/h6H,1-4,10H2;1H. The molecule has 0 unspecified atom stereocenters. The summed E-state index contributed by atoms with van der Waals surface area (Å²) in [6.07, 6.45) is -1.48. The lowest BCUT2D eigenvalue weighted by molar-refractivity contribution is -0.0260. The molecule has 1 saturated carbocycles. The van der Waals surface area contributed by atoms with Crippen LogP contribution in [0.15, 0.2) is 12.2 Å². The van der Waals surface area contributed by atoms with Gasteiger partial charge in [-0.15, -0.1) is 12.4 Å². The Hall–Kier alpha value is -0.150. The van der Waals surface area contributed by atoms with Gasteiger partial charge < -0.3 is 5.73 Å². The van der Waals surface area contributed by atoms with Crippen molar-refractivity contribution < 1.29 is 8.78 Å². The zero-order valence-electron chi connectivity index (χ0n) is 6.15. The topological polar surface area (TPSA) is 26.0 Å². The van der Waals surface area contributed by atoms with E-state index in [1.165, 1.54) is 0 Å². The van der Waals surface area contributed by atoms with Gasteiger partial charge in [-0.05, 0) is 12.8 Å². The number of alkyl halides is 2. The fraction of sp³-hybridized carbons (Fsp3) is 0.714. The highest BCUT2D eigenvalue weighted by Gasteiger charge is 2.46. The quantitative estimate of drug-likeness (QED) is 0.651. The van der Waals surface area contributed by atoms with Crippen LogP contribution in [-0.4, -0.2) is 13.0 Å². The molecule has 0 saturated heterocycles. The maximum atomic E-state index is 12.2. The molecule has 0 bridgehead atoms. The number of halogens is 3. The fourth-order valence-electron chi connectivity index (χ4n) is 1.33. The van der Waals surface area contributed by atoms with E-state index in [0.29, 0.717) is 12.8 Å². The molecule has 0 amide bonds. The molecule has 0 atom stereocenters. The molecule has 0 radical (unpaired) electrons. The van der Waals surface area contributed by atoms with Crippen LogP contribution in [0.5, 0.6) is 0 Å². The third kappa shape index (κ3) is 1.71. The highest BCUT2D eigenvalue weighted by Crippen LogP contribution is 2.47. The third-order valence-corrected chi connectivity index (χ3v) is 2.07. The summed E-state index contributed by atoms with van der Waals surface area (Å²) in [6.45, 7) is 3.67. The predicted molar refractivity (Wildman–Crippen MR) is 43.1 cm³/mol. The molecular formula is C7H12ClF2N.